The van der Waals surface area contributed by atoms with E-state index in [1.807, 2.05) is 19.2 Å². The van der Waals surface area contributed by atoms with Gasteiger partial charge in [0.1, 0.15) is 0 Å². The lowest BCUT2D eigenvalue weighted by Crippen LogP contribution is -2.18. The van der Waals surface area contributed by atoms with Crippen LogP contribution in [-0.4, -0.2) is 7.05 Å². The minimum absolute atomic E-state index is 0.246. The molecule has 1 atom stereocenters. The van der Waals surface area contributed by atoms with E-state index >= 15 is 0 Å². The zero-order chi connectivity index (χ0) is 13.8. The van der Waals surface area contributed by atoms with E-state index in [4.69, 9.17) is 11.6 Å². The molecule has 0 aromatic heterocycles. The van der Waals surface area contributed by atoms with E-state index in [2.05, 4.69) is 67.5 Å². The van der Waals surface area contributed by atoms with E-state index in [9.17, 15) is 0 Å². The molecule has 0 radical (unpaired) electrons. The Morgan fingerprint density at radius 3 is 2.32 bits per heavy atom. The smallest absolute Gasteiger partial charge is 0.0420 e. The van der Waals surface area contributed by atoms with Gasteiger partial charge in [0.25, 0.3) is 0 Å². The quantitative estimate of drug-likeness (QED) is 0.724. The summed E-state index contributed by atoms with van der Waals surface area (Å²) in [4.78, 5) is 0. The molecule has 2 aromatic rings. The maximum absolute atomic E-state index is 6.11. The first-order valence-electron chi connectivity index (χ1n) is 5.96. The third kappa shape index (κ3) is 4.32. The van der Waals surface area contributed by atoms with Crippen molar-refractivity contribution in [2.45, 2.75) is 12.5 Å². The largest absolute Gasteiger partial charge is 0.313 e. The molecule has 2 aromatic carbocycles. The highest BCUT2D eigenvalue weighted by Crippen LogP contribution is 2.26. The van der Waals surface area contributed by atoms with E-state index in [0.717, 1.165) is 20.4 Å². The maximum atomic E-state index is 6.11. The molecule has 1 unspecified atom stereocenters. The average molecular weight is 404 g/mol. The van der Waals surface area contributed by atoms with Crippen molar-refractivity contribution in [3.05, 3.63) is 67.6 Å². The number of rotatable bonds is 4. The fourth-order valence-electron chi connectivity index (χ4n) is 2.02. The molecule has 0 heterocycles. The highest BCUT2D eigenvalue weighted by atomic mass is 79.9. The fourth-order valence-corrected chi connectivity index (χ4v) is 3.17. The van der Waals surface area contributed by atoms with Crippen LogP contribution < -0.4 is 5.32 Å². The van der Waals surface area contributed by atoms with Gasteiger partial charge in [-0.15, -0.1) is 0 Å². The van der Waals surface area contributed by atoms with Gasteiger partial charge in [-0.1, -0.05) is 55.6 Å². The summed E-state index contributed by atoms with van der Waals surface area (Å²) in [6.07, 6.45) is 0.927. The third-order valence-corrected chi connectivity index (χ3v) is 4.19. The average Bonchev–Trinajstić information content (AvgIpc) is 2.37. The molecule has 0 aliphatic heterocycles. The highest BCUT2D eigenvalue weighted by Gasteiger charge is 2.11. The summed E-state index contributed by atoms with van der Waals surface area (Å²) >= 11 is 13.1. The van der Waals surface area contributed by atoms with E-state index in [-0.39, 0.29) is 6.04 Å². The molecule has 0 saturated carbocycles. The van der Waals surface area contributed by atoms with Crippen LogP contribution >= 0.6 is 43.5 Å². The minimum atomic E-state index is 0.246. The van der Waals surface area contributed by atoms with Gasteiger partial charge in [0, 0.05) is 20.0 Å². The molecular weight excluding hydrogens is 389 g/mol. The number of halogens is 3. The summed E-state index contributed by atoms with van der Waals surface area (Å²) in [6.45, 7) is 0. The molecule has 0 bridgehead atoms. The Morgan fingerprint density at radius 2 is 1.74 bits per heavy atom. The van der Waals surface area contributed by atoms with Gasteiger partial charge < -0.3 is 5.32 Å². The van der Waals surface area contributed by atoms with Crippen molar-refractivity contribution in [3.63, 3.8) is 0 Å². The summed E-state index contributed by atoms with van der Waals surface area (Å²) < 4.78 is 2.11. The van der Waals surface area contributed by atoms with Crippen molar-refractivity contribution in [3.8, 4) is 0 Å². The first-order chi connectivity index (χ1) is 9.08. The van der Waals surface area contributed by atoms with Crippen LogP contribution in [0, 0.1) is 0 Å². The summed E-state index contributed by atoms with van der Waals surface area (Å²) in [6, 6.07) is 14.7. The van der Waals surface area contributed by atoms with Crippen LogP contribution in [0.4, 0.5) is 0 Å². The van der Waals surface area contributed by atoms with Crippen LogP contribution in [0.2, 0.25) is 5.02 Å². The predicted molar refractivity (Wildman–Crippen MR) is 88.8 cm³/mol. The second-order valence-corrected chi connectivity index (χ2v) is 6.64. The summed E-state index contributed by atoms with van der Waals surface area (Å²) in [5.41, 5.74) is 2.48. The Labute approximate surface area is 135 Å². The highest BCUT2D eigenvalue weighted by molar-refractivity contribution is 9.10. The van der Waals surface area contributed by atoms with Crippen molar-refractivity contribution >= 4 is 43.5 Å². The molecule has 0 aliphatic rings. The Morgan fingerprint density at radius 1 is 1.05 bits per heavy atom. The second kappa shape index (κ2) is 6.89. The lowest BCUT2D eigenvalue weighted by molar-refractivity contribution is 0.592. The van der Waals surface area contributed by atoms with Crippen LogP contribution in [0.3, 0.4) is 0 Å². The van der Waals surface area contributed by atoms with Crippen molar-refractivity contribution in [1.82, 2.24) is 5.32 Å². The van der Waals surface area contributed by atoms with Gasteiger partial charge in [0.15, 0.2) is 0 Å². The monoisotopic (exact) mass is 401 g/mol. The Kier molecular flexibility index (Phi) is 5.46. The van der Waals surface area contributed by atoms with Crippen LogP contribution in [-0.2, 0) is 6.42 Å². The van der Waals surface area contributed by atoms with E-state index in [0.29, 0.717) is 0 Å². The summed E-state index contributed by atoms with van der Waals surface area (Å²) in [5.74, 6) is 0. The normalized spacial score (nSPS) is 12.4. The van der Waals surface area contributed by atoms with Crippen LogP contribution in [0.5, 0.6) is 0 Å². The molecule has 0 amide bonds. The first-order valence-corrected chi connectivity index (χ1v) is 7.92. The lowest BCUT2D eigenvalue weighted by atomic mass is 9.99. The minimum Gasteiger partial charge on any atom is -0.313 e. The number of likely N-dealkylation sites (N-methyl/N-ethyl adjacent to an activating group) is 1. The van der Waals surface area contributed by atoms with Gasteiger partial charge in [-0.05, 0) is 54.9 Å². The number of hydrogen-bond donors (Lipinski definition) is 1. The zero-order valence-electron chi connectivity index (χ0n) is 10.5. The molecule has 0 fully saturated rings. The van der Waals surface area contributed by atoms with Crippen LogP contribution in [0.1, 0.15) is 17.2 Å². The number of benzene rings is 2. The van der Waals surface area contributed by atoms with Gasteiger partial charge in [-0.2, -0.15) is 0 Å². The zero-order valence-corrected chi connectivity index (χ0v) is 14.4. The molecule has 1 nitrogen and oxygen atoms in total. The van der Waals surface area contributed by atoms with Crippen LogP contribution in [0.25, 0.3) is 0 Å². The van der Waals surface area contributed by atoms with Crippen molar-refractivity contribution in [1.29, 1.82) is 0 Å². The first kappa shape index (κ1) is 15.0. The van der Waals surface area contributed by atoms with Gasteiger partial charge in [-0.25, -0.2) is 0 Å². The fraction of sp³-hybridized carbons (Fsp3) is 0.200. The lowest BCUT2D eigenvalue weighted by Gasteiger charge is -2.17. The molecule has 0 aliphatic carbocycles. The summed E-state index contributed by atoms with van der Waals surface area (Å²) in [5, 5.41) is 4.10. The second-order valence-electron chi connectivity index (χ2n) is 4.37. The molecule has 1 N–H and O–H groups in total. The van der Waals surface area contributed by atoms with Gasteiger partial charge in [0.05, 0.1) is 0 Å². The van der Waals surface area contributed by atoms with Gasteiger partial charge in [0.2, 0.25) is 0 Å². The van der Waals surface area contributed by atoms with Crippen LogP contribution in [0.15, 0.2) is 51.4 Å². The Hall–Kier alpha value is -0.350. The predicted octanol–water partition coefficient (Wildman–Crippen LogP) is 5.37. The maximum Gasteiger partial charge on any atom is 0.0420 e. The number of hydrogen-bond acceptors (Lipinski definition) is 1. The van der Waals surface area contributed by atoms with Crippen molar-refractivity contribution in [2.75, 3.05) is 7.05 Å². The molecule has 2 rings (SSSR count). The molecule has 4 heteroatoms. The molecule has 0 spiro atoms. The Balaban J connectivity index is 2.22. The van der Waals surface area contributed by atoms with Gasteiger partial charge >= 0.3 is 0 Å². The van der Waals surface area contributed by atoms with E-state index in [1.54, 1.807) is 0 Å². The molecule has 100 valence electrons. The molecular formula is C15H14Br2ClN. The standard InChI is InChI=1S/C15H14Br2ClN/c1-19-15(6-10-2-4-12(16)5-3-10)11-7-13(17)9-14(18)8-11/h2-5,7-9,15,19H,6H2,1H3. The van der Waals surface area contributed by atoms with Gasteiger partial charge in [-0.3, -0.25) is 0 Å². The topological polar surface area (TPSA) is 12.0 Å². The van der Waals surface area contributed by atoms with E-state index in [1.165, 1.54) is 11.1 Å². The molecule has 0 saturated heterocycles. The molecule has 19 heavy (non-hydrogen) atoms. The van der Waals surface area contributed by atoms with Crippen molar-refractivity contribution < 1.29 is 0 Å². The van der Waals surface area contributed by atoms with Crippen molar-refractivity contribution in [2.24, 2.45) is 0 Å². The third-order valence-electron chi connectivity index (χ3n) is 2.99. The Bertz CT molecular complexity index is 534. The SMILES string of the molecule is CNC(Cc1ccc(Br)cc1)c1cc(Cl)cc(Br)c1. The summed E-state index contributed by atoms with van der Waals surface area (Å²) in [7, 11) is 1.97. The number of nitrogens with one attached hydrogen (secondary N) is 1. The van der Waals surface area contributed by atoms with E-state index < -0.39 is 0 Å².